The second-order valence-corrected chi connectivity index (χ2v) is 5.54. The van der Waals surface area contributed by atoms with Crippen LogP contribution in [0.5, 0.6) is 0 Å². The number of aryl methyl sites for hydroxylation is 1. The van der Waals surface area contributed by atoms with Crippen LogP contribution in [0.1, 0.15) is 31.7 Å². The van der Waals surface area contributed by atoms with Gasteiger partial charge in [0.1, 0.15) is 0 Å². The topological polar surface area (TPSA) is 63.0 Å². The lowest BCUT2D eigenvalue weighted by Crippen LogP contribution is -2.19. The van der Waals surface area contributed by atoms with Crippen molar-refractivity contribution in [3.63, 3.8) is 0 Å². The van der Waals surface area contributed by atoms with Crippen LogP contribution < -0.4 is 10.6 Å². The zero-order valence-electron chi connectivity index (χ0n) is 12.8. The van der Waals surface area contributed by atoms with E-state index in [0.29, 0.717) is 24.4 Å². The molecule has 1 heterocycles. The lowest BCUT2D eigenvalue weighted by molar-refractivity contribution is 0.458. The van der Waals surface area contributed by atoms with Crippen molar-refractivity contribution in [1.29, 1.82) is 0 Å². The number of anilines is 1. The summed E-state index contributed by atoms with van der Waals surface area (Å²) in [6, 6.07) is 11.0. The minimum Gasteiger partial charge on any atom is -0.407 e. The first-order chi connectivity index (χ1) is 10.2. The Balaban J connectivity index is 1.63. The van der Waals surface area contributed by atoms with E-state index in [1.54, 1.807) is 0 Å². The highest BCUT2D eigenvalue weighted by Gasteiger charge is 2.05. The Kier molecular flexibility index (Phi) is 6.22. The summed E-state index contributed by atoms with van der Waals surface area (Å²) in [5.41, 5.74) is 1.35. The van der Waals surface area contributed by atoms with Gasteiger partial charge in [-0.3, -0.25) is 0 Å². The van der Waals surface area contributed by atoms with Crippen LogP contribution in [0.2, 0.25) is 0 Å². The molecule has 5 nitrogen and oxygen atoms in total. The Hall–Kier alpha value is -1.88. The Morgan fingerprint density at radius 1 is 1.14 bits per heavy atom. The number of hydrogen-bond donors (Lipinski definition) is 2. The van der Waals surface area contributed by atoms with E-state index in [1.165, 1.54) is 5.56 Å². The first-order valence-corrected chi connectivity index (χ1v) is 7.55. The number of rotatable bonds is 9. The van der Waals surface area contributed by atoms with Gasteiger partial charge in [0.05, 0.1) is 6.54 Å². The number of nitrogens with zero attached hydrogens (tertiary/aromatic N) is 2. The van der Waals surface area contributed by atoms with Crippen molar-refractivity contribution in [2.75, 3.05) is 18.4 Å². The van der Waals surface area contributed by atoms with Gasteiger partial charge in [-0.05, 0) is 30.9 Å². The van der Waals surface area contributed by atoms with Gasteiger partial charge in [0.2, 0.25) is 5.89 Å². The van der Waals surface area contributed by atoms with Crippen LogP contribution in [0.15, 0.2) is 34.7 Å². The number of aromatic nitrogens is 2. The molecule has 5 heteroatoms. The van der Waals surface area contributed by atoms with Crippen molar-refractivity contribution in [1.82, 2.24) is 15.5 Å². The number of hydrogen-bond acceptors (Lipinski definition) is 5. The van der Waals surface area contributed by atoms with Crippen molar-refractivity contribution in [3.05, 3.63) is 41.8 Å². The van der Waals surface area contributed by atoms with E-state index >= 15 is 0 Å². The molecule has 2 N–H and O–H groups in total. The summed E-state index contributed by atoms with van der Waals surface area (Å²) < 4.78 is 5.52. The third kappa shape index (κ3) is 5.95. The predicted octanol–water partition coefficient (Wildman–Crippen LogP) is 2.86. The summed E-state index contributed by atoms with van der Waals surface area (Å²) in [6.07, 6.45) is 2.08. The van der Waals surface area contributed by atoms with Crippen LogP contribution in [0.3, 0.4) is 0 Å². The number of benzene rings is 1. The zero-order chi connectivity index (χ0) is 14.9. The maximum absolute atomic E-state index is 5.52. The Morgan fingerprint density at radius 2 is 1.95 bits per heavy atom. The summed E-state index contributed by atoms with van der Waals surface area (Å²) in [5, 5.41) is 14.4. The summed E-state index contributed by atoms with van der Waals surface area (Å²) >= 11 is 0. The zero-order valence-corrected chi connectivity index (χ0v) is 12.8. The van der Waals surface area contributed by atoms with Gasteiger partial charge in [0.25, 0.3) is 0 Å². The molecule has 0 unspecified atom stereocenters. The fraction of sp³-hybridized carbons (Fsp3) is 0.500. The van der Waals surface area contributed by atoms with Gasteiger partial charge < -0.3 is 15.1 Å². The normalized spacial score (nSPS) is 11.0. The molecule has 0 bridgehead atoms. The molecular formula is C16H24N4O. The highest BCUT2D eigenvalue weighted by atomic mass is 16.4. The molecule has 2 aromatic rings. The van der Waals surface area contributed by atoms with Crippen LogP contribution in [0.25, 0.3) is 0 Å². The smallest absolute Gasteiger partial charge is 0.315 e. The molecule has 1 aromatic heterocycles. The number of nitrogens with one attached hydrogen (secondary N) is 2. The Morgan fingerprint density at radius 3 is 2.71 bits per heavy atom. The minimum atomic E-state index is 0.504. The Bertz CT molecular complexity index is 510. The van der Waals surface area contributed by atoms with E-state index in [9.17, 15) is 0 Å². The minimum absolute atomic E-state index is 0.504. The molecule has 0 aliphatic carbocycles. The quantitative estimate of drug-likeness (QED) is 0.695. The molecule has 0 saturated heterocycles. The maximum Gasteiger partial charge on any atom is 0.315 e. The van der Waals surface area contributed by atoms with Crippen LogP contribution in [0, 0.1) is 5.92 Å². The van der Waals surface area contributed by atoms with Crippen LogP contribution in [-0.2, 0) is 13.0 Å². The van der Waals surface area contributed by atoms with Gasteiger partial charge in [-0.1, -0.05) is 49.3 Å². The molecule has 0 fully saturated rings. The van der Waals surface area contributed by atoms with Crippen LogP contribution in [0.4, 0.5) is 6.01 Å². The van der Waals surface area contributed by atoms with Crippen molar-refractivity contribution in [3.8, 4) is 0 Å². The Labute approximate surface area is 126 Å². The highest BCUT2D eigenvalue weighted by Crippen LogP contribution is 2.07. The third-order valence-corrected chi connectivity index (χ3v) is 3.06. The fourth-order valence-corrected chi connectivity index (χ4v) is 2.00. The van der Waals surface area contributed by atoms with Crippen molar-refractivity contribution in [2.45, 2.75) is 33.2 Å². The van der Waals surface area contributed by atoms with Gasteiger partial charge in [-0.15, -0.1) is 5.10 Å². The molecule has 21 heavy (non-hydrogen) atoms. The van der Waals surface area contributed by atoms with E-state index < -0.39 is 0 Å². The van der Waals surface area contributed by atoms with E-state index in [0.717, 1.165) is 25.9 Å². The van der Waals surface area contributed by atoms with E-state index in [2.05, 4.69) is 58.9 Å². The lowest BCUT2D eigenvalue weighted by Gasteiger charge is -2.04. The monoisotopic (exact) mass is 288 g/mol. The van der Waals surface area contributed by atoms with Crippen molar-refractivity contribution >= 4 is 6.01 Å². The second kappa shape index (κ2) is 8.42. The largest absolute Gasteiger partial charge is 0.407 e. The van der Waals surface area contributed by atoms with E-state index in [4.69, 9.17) is 4.42 Å². The summed E-state index contributed by atoms with van der Waals surface area (Å²) in [5.74, 6) is 1.24. The standard InChI is InChI=1S/C16H24N4O/c1-13(2)11-17-12-15-19-20-16(21-15)18-10-6-9-14-7-4-3-5-8-14/h3-5,7-8,13,17H,6,9-12H2,1-2H3,(H,18,20). The summed E-state index contributed by atoms with van der Waals surface area (Å²) in [6.45, 7) is 6.73. The first-order valence-electron chi connectivity index (χ1n) is 7.55. The SMILES string of the molecule is CC(C)CNCc1nnc(NCCCc2ccccc2)o1. The average Bonchev–Trinajstić information content (AvgIpc) is 2.92. The highest BCUT2D eigenvalue weighted by molar-refractivity contribution is 5.18. The average molecular weight is 288 g/mol. The molecule has 0 spiro atoms. The van der Waals surface area contributed by atoms with Gasteiger partial charge in [0, 0.05) is 6.54 Å². The van der Waals surface area contributed by atoms with Crippen LogP contribution in [-0.4, -0.2) is 23.3 Å². The molecule has 0 aliphatic heterocycles. The van der Waals surface area contributed by atoms with E-state index in [-0.39, 0.29) is 0 Å². The van der Waals surface area contributed by atoms with Crippen molar-refractivity contribution in [2.24, 2.45) is 5.92 Å². The maximum atomic E-state index is 5.52. The molecule has 2 rings (SSSR count). The molecule has 0 saturated carbocycles. The van der Waals surface area contributed by atoms with E-state index in [1.807, 2.05) is 6.07 Å². The second-order valence-electron chi connectivity index (χ2n) is 5.54. The fourth-order valence-electron chi connectivity index (χ4n) is 2.00. The van der Waals surface area contributed by atoms with Crippen molar-refractivity contribution < 1.29 is 4.42 Å². The lowest BCUT2D eigenvalue weighted by atomic mass is 10.1. The van der Waals surface area contributed by atoms with Crippen LogP contribution >= 0.6 is 0 Å². The summed E-state index contributed by atoms with van der Waals surface area (Å²) in [7, 11) is 0. The third-order valence-electron chi connectivity index (χ3n) is 3.06. The molecule has 1 aromatic carbocycles. The van der Waals surface area contributed by atoms with Gasteiger partial charge in [-0.25, -0.2) is 0 Å². The molecule has 0 radical (unpaired) electrons. The molecule has 0 atom stereocenters. The van der Waals surface area contributed by atoms with Gasteiger partial charge in [-0.2, -0.15) is 0 Å². The molecule has 0 aliphatic rings. The van der Waals surface area contributed by atoms with Gasteiger partial charge >= 0.3 is 6.01 Å². The predicted molar refractivity (Wildman–Crippen MR) is 84.1 cm³/mol. The summed E-state index contributed by atoms with van der Waals surface area (Å²) in [4.78, 5) is 0. The molecule has 0 amide bonds. The molecule has 114 valence electrons. The first kappa shape index (κ1) is 15.5. The van der Waals surface area contributed by atoms with Gasteiger partial charge in [0.15, 0.2) is 0 Å². The molecular weight excluding hydrogens is 264 g/mol.